The Labute approximate surface area is 189 Å². The van der Waals surface area contributed by atoms with Crippen molar-refractivity contribution in [1.82, 2.24) is 14.9 Å². The Hall–Kier alpha value is -3.35. The molecule has 0 spiro atoms. The monoisotopic (exact) mass is 479 g/mol. The Morgan fingerprint density at radius 2 is 1.76 bits per heavy atom. The predicted molar refractivity (Wildman–Crippen MR) is 113 cm³/mol. The number of sulfonamides is 1. The van der Waals surface area contributed by atoms with E-state index in [1.54, 1.807) is 18.2 Å². The third-order valence-corrected chi connectivity index (χ3v) is 6.70. The van der Waals surface area contributed by atoms with Crippen molar-refractivity contribution in [1.29, 1.82) is 0 Å². The van der Waals surface area contributed by atoms with E-state index in [1.165, 1.54) is 19.2 Å². The lowest BCUT2D eigenvalue weighted by atomic mass is 10.1. The number of urea groups is 1. The summed E-state index contributed by atoms with van der Waals surface area (Å²) in [6, 6.07) is 9.87. The zero-order valence-corrected chi connectivity index (χ0v) is 18.4. The minimum Gasteiger partial charge on any atom is -0.444 e. The van der Waals surface area contributed by atoms with Crippen LogP contribution >= 0.6 is 0 Å². The molecule has 0 radical (unpaired) electrons. The first-order valence-corrected chi connectivity index (χ1v) is 11.3. The van der Waals surface area contributed by atoms with Gasteiger partial charge in [0.15, 0.2) is 0 Å². The van der Waals surface area contributed by atoms with Crippen molar-refractivity contribution in [3.05, 3.63) is 65.5 Å². The van der Waals surface area contributed by atoms with E-state index < -0.39 is 44.7 Å². The number of nitrogens with zero attached hydrogens (tertiary/aromatic N) is 1. The molecular formula is C21H22FN3O7S. The van der Waals surface area contributed by atoms with Crippen molar-refractivity contribution in [2.45, 2.75) is 11.0 Å². The number of rotatable bonds is 6. The molecule has 0 aliphatic carbocycles. The molecule has 1 atom stereocenters. The minimum absolute atomic E-state index is 0.0478. The number of hydrogen-bond donors (Lipinski definition) is 2. The highest BCUT2D eigenvalue weighted by Gasteiger charge is 2.31. The number of hydrogen-bond acceptors (Lipinski definition) is 7. The maximum absolute atomic E-state index is 14.4. The van der Waals surface area contributed by atoms with E-state index in [-0.39, 0.29) is 37.4 Å². The lowest BCUT2D eigenvalue weighted by Gasteiger charge is -2.26. The first-order chi connectivity index (χ1) is 15.7. The molecule has 176 valence electrons. The fourth-order valence-corrected chi connectivity index (χ4v) is 4.57. The molecule has 3 rings (SSSR count). The van der Waals surface area contributed by atoms with Gasteiger partial charge in [-0.05, 0) is 18.2 Å². The van der Waals surface area contributed by atoms with Gasteiger partial charge in [-0.25, -0.2) is 22.4 Å². The summed E-state index contributed by atoms with van der Waals surface area (Å²) in [6.07, 6.45) is -1.51. The van der Waals surface area contributed by atoms with Crippen molar-refractivity contribution in [2.24, 2.45) is 0 Å². The maximum atomic E-state index is 14.4. The second-order valence-corrected chi connectivity index (χ2v) is 8.83. The van der Waals surface area contributed by atoms with Crippen LogP contribution in [0.2, 0.25) is 0 Å². The van der Waals surface area contributed by atoms with Crippen LogP contribution in [0.15, 0.2) is 53.4 Å². The number of ether oxygens (including phenoxy) is 2. The first kappa shape index (κ1) is 24.3. The zero-order valence-electron chi connectivity index (χ0n) is 17.6. The molecule has 0 saturated carbocycles. The number of carbonyl (C=O) groups excluding carboxylic acids is 3. The van der Waals surface area contributed by atoms with Gasteiger partial charge in [0, 0.05) is 25.7 Å². The number of imide groups is 1. The molecule has 1 aliphatic rings. The van der Waals surface area contributed by atoms with Gasteiger partial charge in [0.1, 0.15) is 10.7 Å². The van der Waals surface area contributed by atoms with Crippen LogP contribution < -0.4 is 10.6 Å². The lowest BCUT2D eigenvalue weighted by Crippen LogP contribution is -2.41. The van der Waals surface area contributed by atoms with Crippen LogP contribution in [-0.4, -0.2) is 64.0 Å². The molecule has 2 aromatic carbocycles. The number of benzene rings is 2. The normalized spacial score (nSPS) is 15.3. The average Bonchev–Trinajstić information content (AvgIpc) is 2.83. The quantitative estimate of drug-likeness (QED) is 0.595. The molecule has 0 bridgehead atoms. The van der Waals surface area contributed by atoms with Crippen LogP contribution in [0.4, 0.5) is 9.18 Å². The zero-order chi connectivity index (χ0) is 24.0. The Balaban J connectivity index is 1.89. The highest BCUT2D eigenvalue weighted by atomic mass is 32.2. The molecule has 2 N–H and O–H groups in total. The summed E-state index contributed by atoms with van der Waals surface area (Å²) in [5, 5.41) is 4.25. The van der Waals surface area contributed by atoms with E-state index >= 15 is 0 Å². The Kier molecular flexibility index (Phi) is 7.74. The van der Waals surface area contributed by atoms with E-state index in [1.807, 2.05) is 5.32 Å². The molecule has 1 fully saturated rings. The van der Waals surface area contributed by atoms with Crippen LogP contribution in [0.1, 0.15) is 22.0 Å². The summed E-state index contributed by atoms with van der Waals surface area (Å²) >= 11 is 0. The number of carbonyl (C=O) groups is 3. The van der Waals surface area contributed by atoms with Gasteiger partial charge in [0.05, 0.1) is 18.8 Å². The minimum atomic E-state index is -4.23. The fourth-order valence-electron chi connectivity index (χ4n) is 3.07. The molecule has 1 heterocycles. The van der Waals surface area contributed by atoms with Crippen LogP contribution in [0.3, 0.4) is 0 Å². The second kappa shape index (κ2) is 10.5. The molecule has 1 saturated heterocycles. The summed E-state index contributed by atoms with van der Waals surface area (Å²) in [4.78, 5) is 36.2. The number of halogens is 1. The topological polar surface area (TPSA) is 131 Å². The molecule has 0 unspecified atom stereocenters. The van der Waals surface area contributed by atoms with Crippen molar-refractivity contribution in [3.63, 3.8) is 0 Å². The standard InChI is InChI=1S/C21H22FN3O7S/c1-23-21(28)24-19(26)18(14-5-3-2-4-6-14)32-20(27)15-7-8-16(22)17(13-15)33(29,30)25-9-11-31-12-10-25/h2-8,13,18H,9-12H2,1H3,(H2,23,24,26,28)/t18-/m1/s1. The number of nitrogens with one attached hydrogen (secondary N) is 2. The van der Waals surface area contributed by atoms with Gasteiger partial charge in [-0.1, -0.05) is 30.3 Å². The van der Waals surface area contributed by atoms with Crippen molar-refractivity contribution in [3.8, 4) is 0 Å². The van der Waals surface area contributed by atoms with E-state index in [0.717, 1.165) is 22.5 Å². The summed E-state index contributed by atoms with van der Waals surface area (Å²) in [6.45, 7) is 0.432. The Morgan fingerprint density at radius 3 is 2.39 bits per heavy atom. The van der Waals surface area contributed by atoms with Gasteiger partial charge in [0.25, 0.3) is 5.91 Å². The largest absolute Gasteiger partial charge is 0.444 e. The predicted octanol–water partition coefficient (Wildman–Crippen LogP) is 1.20. The number of amides is 3. The van der Waals surface area contributed by atoms with Crippen LogP contribution in [0.25, 0.3) is 0 Å². The van der Waals surface area contributed by atoms with Crippen molar-refractivity contribution < 1.29 is 36.7 Å². The Bertz CT molecular complexity index is 1140. The molecule has 2 aromatic rings. The smallest absolute Gasteiger partial charge is 0.339 e. The van der Waals surface area contributed by atoms with Crippen LogP contribution in [0, 0.1) is 5.82 Å². The van der Waals surface area contributed by atoms with E-state index in [4.69, 9.17) is 9.47 Å². The van der Waals surface area contributed by atoms with Gasteiger partial charge in [-0.3, -0.25) is 10.1 Å². The van der Waals surface area contributed by atoms with Gasteiger partial charge in [-0.2, -0.15) is 4.31 Å². The fraction of sp³-hybridized carbons (Fsp3) is 0.286. The molecular weight excluding hydrogens is 457 g/mol. The maximum Gasteiger partial charge on any atom is 0.339 e. The third-order valence-electron chi connectivity index (χ3n) is 4.78. The van der Waals surface area contributed by atoms with Gasteiger partial charge in [0.2, 0.25) is 16.1 Å². The summed E-state index contributed by atoms with van der Waals surface area (Å²) in [5.41, 5.74) is -0.00700. The first-order valence-electron chi connectivity index (χ1n) is 9.90. The van der Waals surface area contributed by atoms with Gasteiger partial charge >= 0.3 is 12.0 Å². The average molecular weight is 479 g/mol. The van der Waals surface area contributed by atoms with Gasteiger partial charge < -0.3 is 14.8 Å². The third kappa shape index (κ3) is 5.72. The summed E-state index contributed by atoms with van der Waals surface area (Å²) in [5.74, 6) is -3.03. The summed E-state index contributed by atoms with van der Waals surface area (Å²) in [7, 11) is -2.92. The SMILES string of the molecule is CNC(=O)NC(=O)[C@H](OC(=O)c1ccc(F)c(S(=O)(=O)N2CCOCC2)c1)c1ccccc1. The lowest BCUT2D eigenvalue weighted by molar-refractivity contribution is -0.129. The van der Waals surface area contributed by atoms with E-state index in [0.29, 0.717) is 0 Å². The molecule has 0 aromatic heterocycles. The molecule has 33 heavy (non-hydrogen) atoms. The van der Waals surface area contributed by atoms with Crippen LogP contribution in [0.5, 0.6) is 0 Å². The van der Waals surface area contributed by atoms with Crippen LogP contribution in [-0.2, 0) is 24.3 Å². The molecule has 3 amide bonds. The molecule has 12 heteroatoms. The van der Waals surface area contributed by atoms with Gasteiger partial charge in [-0.15, -0.1) is 0 Å². The second-order valence-electron chi connectivity index (χ2n) is 6.93. The molecule has 10 nitrogen and oxygen atoms in total. The van der Waals surface area contributed by atoms with Crippen molar-refractivity contribution >= 4 is 27.9 Å². The highest BCUT2D eigenvalue weighted by molar-refractivity contribution is 7.89. The van der Waals surface area contributed by atoms with E-state index in [9.17, 15) is 27.2 Å². The van der Waals surface area contributed by atoms with Crippen molar-refractivity contribution in [2.75, 3.05) is 33.4 Å². The van der Waals surface area contributed by atoms with E-state index in [2.05, 4.69) is 5.32 Å². The number of esters is 1. The molecule has 1 aliphatic heterocycles. The Morgan fingerprint density at radius 1 is 1.09 bits per heavy atom. The summed E-state index contributed by atoms with van der Waals surface area (Å²) < 4.78 is 51.6. The number of morpholine rings is 1. The highest BCUT2D eigenvalue weighted by Crippen LogP contribution is 2.24.